The third-order valence-electron chi connectivity index (χ3n) is 3.48. The maximum Gasteiger partial charge on any atom is 0.229 e. The van der Waals surface area contributed by atoms with Gasteiger partial charge in [0.2, 0.25) is 5.91 Å². The lowest BCUT2D eigenvalue weighted by Gasteiger charge is -2.18. The molecule has 0 spiro atoms. The van der Waals surface area contributed by atoms with Gasteiger partial charge in [-0.2, -0.15) is 0 Å². The Hall–Kier alpha value is -1.51. The fourth-order valence-electron chi connectivity index (χ4n) is 2.10. The van der Waals surface area contributed by atoms with Gasteiger partial charge in [0.1, 0.15) is 0 Å². The quantitative estimate of drug-likeness (QED) is 0.735. The van der Waals surface area contributed by atoms with Crippen LogP contribution in [0.4, 0.5) is 11.4 Å². The topological polar surface area (TPSA) is 46.3 Å². The van der Waals surface area contributed by atoms with E-state index < -0.39 is 0 Å². The van der Waals surface area contributed by atoms with Crippen molar-refractivity contribution in [2.24, 2.45) is 5.92 Å². The summed E-state index contributed by atoms with van der Waals surface area (Å²) in [5.74, 6) is 0.352. The van der Waals surface area contributed by atoms with E-state index in [1.807, 2.05) is 37.8 Å². The number of nitrogens with zero attached hydrogens (tertiary/aromatic N) is 1. The lowest BCUT2D eigenvalue weighted by molar-refractivity contribution is -0.119. The van der Waals surface area contributed by atoms with Crippen LogP contribution in [0.5, 0.6) is 0 Å². The van der Waals surface area contributed by atoms with Gasteiger partial charge in [-0.25, -0.2) is 0 Å². The van der Waals surface area contributed by atoms with Crippen LogP contribution < -0.4 is 10.6 Å². The van der Waals surface area contributed by atoms with Crippen LogP contribution in [0.25, 0.3) is 0 Å². The minimum absolute atomic E-state index is 0.142. The van der Waals surface area contributed by atoms with Gasteiger partial charge in [-0.3, -0.25) is 4.79 Å². The van der Waals surface area contributed by atoms with Gasteiger partial charge < -0.3 is 10.6 Å². The molecule has 1 aromatic carbocycles. The number of carbonyl (C=O) groups is 1. The smallest absolute Gasteiger partial charge is 0.229 e. The van der Waals surface area contributed by atoms with Crippen molar-refractivity contribution < 1.29 is 4.79 Å². The number of rotatable bonds is 1. The molecule has 2 N–H and O–H groups in total. The number of nitrogen functional groups attached to an aromatic ring is 1. The first kappa shape index (κ1) is 11.0. The highest BCUT2D eigenvalue weighted by Crippen LogP contribution is 2.29. The molecule has 1 aliphatic rings. The highest BCUT2D eigenvalue weighted by molar-refractivity contribution is 5.97. The number of hydrogen-bond donors (Lipinski definition) is 1. The van der Waals surface area contributed by atoms with E-state index in [1.165, 1.54) is 0 Å². The second kappa shape index (κ2) is 3.81. The van der Waals surface area contributed by atoms with Crippen molar-refractivity contribution in [1.82, 2.24) is 0 Å². The summed E-state index contributed by atoms with van der Waals surface area (Å²) in [7, 11) is 0. The largest absolute Gasteiger partial charge is 0.398 e. The molecule has 0 aliphatic carbocycles. The standard InChI is InChI=1S/C13H18N2O/c1-8-4-5-15(13(8)16)11-6-9(2)10(3)12(14)7-11/h6-8H,4-5,14H2,1-3H3. The predicted molar refractivity (Wildman–Crippen MR) is 66.5 cm³/mol. The van der Waals surface area contributed by atoms with Crippen molar-refractivity contribution in [2.75, 3.05) is 17.2 Å². The Kier molecular flexibility index (Phi) is 2.62. The molecule has 16 heavy (non-hydrogen) atoms. The van der Waals surface area contributed by atoms with Gasteiger partial charge in [0.25, 0.3) is 0 Å². The van der Waals surface area contributed by atoms with Gasteiger partial charge in [0.05, 0.1) is 0 Å². The summed E-state index contributed by atoms with van der Waals surface area (Å²) in [6.45, 7) is 6.82. The van der Waals surface area contributed by atoms with Crippen molar-refractivity contribution in [3.8, 4) is 0 Å². The number of hydrogen-bond acceptors (Lipinski definition) is 2. The molecule has 0 saturated carbocycles. The first-order valence-corrected chi connectivity index (χ1v) is 5.69. The van der Waals surface area contributed by atoms with Crippen molar-refractivity contribution >= 4 is 17.3 Å². The molecule has 86 valence electrons. The fourth-order valence-corrected chi connectivity index (χ4v) is 2.10. The predicted octanol–water partition coefficient (Wildman–Crippen LogP) is 2.26. The molecule has 1 amide bonds. The lowest BCUT2D eigenvalue weighted by Crippen LogP contribution is -2.26. The Morgan fingerprint density at radius 3 is 2.56 bits per heavy atom. The fraction of sp³-hybridized carbons (Fsp3) is 0.462. The molecule has 0 aromatic heterocycles. The number of anilines is 2. The maximum absolute atomic E-state index is 11.9. The molecule has 0 bridgehead atoms. The summed E-state index contributed by atoms with van der Waals surface area (Å²) < 4.78 is 0. The monoisotopic (exact) mass is 218 g/mol. The number of amides is 1. The Morgan fingerprint density at radius 2 is 2.06 bits per heavy atom. The summed E-state index contributed by atoms with van der Waals surface area (Å²) in [4.78, 5) is 13.7. The normalized spacial score (nSPS) is 20.6. The van der Waals surface area contributed by atoms with Crippen LogP contribution >= 0.6 is 0 Å². The van der Waals surface area contributed by atoms with E-state index in [4.69, 9.17) is 5.73 Å². The third kappa shape index (κ3) is 1.66. The van der Waals surface area contributed by atoms with Crippen LogP contribution in [0.1, 0.15) is 24.5 Å². The average molecular weight is 218 g/mol. The van der Waals surface area contributed by atoms with Gasteiger partial charge in [-0.15, -0.1) is 0 Å². The Labute approximate surface area is 96.2 Å². The van der Waals surface area contributed by atoms with Crippen molar-refractivity contribution in [3.05, 3.63) is 23.3 Å². The molecule has 1 heterocycles. The van der Waals surface area contributed by atoms with Crippen LogP contribution in [0.2, 0.25) is 0 Å². The number of nitrogens with two attached hydrogens (primary N) is 1. The minimum atomic E-state index is 0.142. The number of aryl methyl sites for hydroxylation is 1. The molecule has 0 radical (unpaired) electrons. The van der Waals surface area contributed by atoms with E-state index in [0.717, 1.165) is 35.5 Å². The Balaban J connectivity index is 2.39. The molecule has 2 rings (SSSR count). The molecule has 1 aliphatic heterocycles. The summed E-state index contributed by atoms with van der Waals surface area (Å²) in [5, 5.41) is 0. The second-order valence-electron chi connectivity index (χ2n) is 4.66. The van der Waals surface area contributed by atoms with Gasteiger partial charge in [-0.05, 0) is 43.5 Å². The third-order valence-corrected chi connectivity index (χ3v) is 3.48. The Morgan fingerprint density at radius 1 is 1.38 bits per heavy atom. The van der Waals surface area contributed by atoms with Crippen molar-refractivity contribution in [3.63, 3.8) is 0 Å². The molecular weight excluding hydrogens is 200 g/mol. The summed E-state index contributed by atoms with van der Waals surface area (Å²) in [5.41, 5.74) is 9.88. The van der Waals surface area contributed by atoms with E-state index in [-0.39, 0.29) is 11.8 Å². The van der Waals surface area contributed by atoms with Crippen LogP contribution in [-0.4, -0.2) is 12.5 Å². The van der Waals surface area contributed by atoms with E-state index in [1.54, 1.807) is 0 Å². The van der Waals surface area contributed by atoms with Gasteiger partial charge in [0.15, 0.2) is 0 Å². The first-order valence-electron chi connectivity index (χ1n) is 5.69. The van der Waals surface area contributed by atoms with Crippen LogP contribution in [-0.2, 0) is 4.79 Å². The Bertz CT molecular complexity index is 417. The number of benzene rings is 1. The van der Waals surface area contributed by atoms with Crippen LogP contribution in [0.3, 0.4) is 0 Å². The van der Waals surface area contributed by atoms with E-state index >= 15 is 0 Å². The second-order valence-corrected chi connectivity index (χ2v) is 4.66. The average Bonchev–Trinajstić information content (AvgIpc) is 2.56. The number of carbonyl (C=O) groups excluding carboxylic acids is 1. The van der Waals surface area contributed by atoms with Gasteiger partial charge >= 0.3 is 0 Å². The van der Waals surface area contributed by atoms with E-state index in [0.29, 0.717) is 0 Å². The molecule has 1 saturated heterocycles. The zero-order valence-electron chi connectivity index (χ0n) is 10.1. The molecular formula is C13H18N2O. The summed E-state index contributed by atoms with van der Waals surface area (Å²) in [6, 6.07) is 3.94. The molecule has 1 unspecified atom stereocenters. The highest BCUT2D eigenvalue weighted by Gasteiger charge is 2.29. The zero-order valence-corrected chi connectivity index (χ0v) is 10.1. The zero-order chi connectivity index (χ0) is 11.9. The summed E-state index contributed by atoms with van der Waals surface area (Å²) in [6.07, 6.45) is 0.936. The molecule has 1 atom stereocenters. The molecule has 3 nitrogen and oxygen atoms in total. The minimum Gasteiger partial charge on any atom is -0.398 e. The van der Waals surface area contributed by atoms with Crippen LogP contribution in [0, 0.1) is 19.8 Å². The summed E-state index contributed by atoms with van der Waals surface area (Å²) >= 11 is 0. The van der Waals surface area contributed by atoms with Crippen LogP contribution in [0.15, 0.2) is 12.1 Å². The first-order chi connectivity index (χ1) is 7.50. The van der Waals surface area contributed by atoms with Crippen molar-refractivity contribution in [2.45, 2.75) is 27.2 Å². The molecule has 1 fully saturated rings. The highest BCUT2D eigenvalue weighted by atomic mass is 16.2. The maximum atomic E-state index is 11.9. The molecule has 1 aromatic rings. The van der Waals surface area contributed by atoms with Crippen molar-refractivity contribution in [1.29, 1.82) is 0 Å². The molecule has 3 heteroatoms. The van der Waals surface area contributed by atoms with E-state index in [9.17, 15) is 4.79 Å². The van der Waals surface area contributed by atoms with Gasteiger partial charge in [-0.1, -0.05) is 6.92 Å². The van der Waals surface area contributed by atoms with E-state index in [2.05, 4.69) is 0 Å². The SMILES string of the molecule is Cc1cc(N2CCC(C)C2=O)cc(N)c1C. The van der Waals surface area contributed by atoms with Gasteiger partial charge in [0, 0.05) is 23.8 Å². The lowest BCUT2D eigenvalue weighted by atomic mass is 10.1.